The molecule has 1 aromatic carbocycles. The fraction of sp³-hybridized carbons (Fsp3) is 0.450. The summed E-state index contributed by atoms with van der Waals surface area (Å²) in [7, 11) is -3.87. The number of aromatic nitrogens is 2. The second-order valence-electron chi connectivity index (χ2n) is 8.10. The average Bonchev–Trinajstić information content (AvgIpc) is 2.71. The first-order valence-electron chi connectivity index (χ1n) is 9.96. The predicted molar refractivity (Wildman–Crippen MR) is 118 cm³/mol. The number of halogens is 4. The van der Waals surface area contributed by atoms with Crippen molar-refractivity contribution in [1.29, 1.82) is 0 Å². The van der Waals surface area contributed by atoms with E-state index in [0.29, 0.717) is 18.8 Å². The largest absolute Gasteiger partial charge is 0.433 e. The lowest BCUT2D eigenvalue weighted by Gasteiger charge is -2.44. The van der Waals surface area contributed by atoms with Crippen molar-refractivity contribution in [2.24, 2.45) is 11.7 Å². The van der Waals surface area contributed by atoms with E-state index in [-0.39, 0.29) is 39.9 Å². The number of nitrogens with two attached hydrogens (primary N) is 1. The van der Waals surface area contributed by atoms with E-state index in [9.17, 15) is 26.4 Å². The second kappa shape index (κ2) is 8.98. The zero-order valence-corrected chi connectivity index (χ0v) is 19.7. The Morgan fingerprint density at radius 1 is 1.24 bits per heavy atom. The summed E-state index contributed by atoms with van der Waals surface area (Å²) in [6.45, 7) is 4.72. The SMILES string of the molecule is CC(C)C1CN(c2ccc(C(N)=O)c(S(C)(=O)=O)c2Cl)CCN1c1nccc(C(F)(F)F)n1. The van der Waals surface area contributed by atoms with Gasteiger partial charge in [-0.15, -0.1) is 0 Å². The number of alkyl halides is 3. The highest BCUT2D eigenvalue weighted by Crippen LogP contribution is 2.37. The summed E-state index contributed by atoms with van der Waals surface area (Å²) < 4.78 is 64.0. The summed E-state index contributed by atoms with van der Waals surface area (Å²) >= 11 is 6.44. The maximum Gasteiger partial charge on any atom is 0.433 e. The highest BCUT2D eigenvalue weighted by molar-refractivity contribution is 7.91. The molecule has 180 valence electrons. The standard InChI is InChI=1S/C20H23ClF3N5O3S/c1-11(2)14-10-28(8-9-29(14)19-26-7-6-15(27-19)20(22,23)24)13-5-4-12(18(25)30)17(16(13)21)33(3,31)32/h4-7,11,14H,8-10H2,1-3H3,(H2,25,30). The van der Waals surface area contributed by atoms with E-state index in [1.807, 2.05) is 18.7 Å². The summed E-state index contributed by atoms with van der Waals surface area (Å²) in [4.78, 5) is 22.7. The molecule has 1 aliphatic heterocycles. The minimum atomic E-state index is -4.59. The molecule has 2 heterocycles. The van der Waals surface area contributed by atoms with Gasteiger partial charge in [0.2, 0.25) is 11.9 Å². The van der Waals surface area contributed by atoms with Gasteiger partial charge in [-0.1, -0.05) is 25.4 Å². The van der Waals surface area contributed by atoms with Gasteiger partial charge in [0, 0.05) is 32.1 Å². The maximum atomic E-state index is 13.1. The molecule has 13 heteroatoms. The quantitative estimate of drug-likeness (QED) is 0.665. The lowest BCUT2D eigenvalue weighted by atomic mass is 9.99. The van der Waals surface area contributed by atoms with Crippen molar-refractivity contribution in [3.05, 3.63) is 40.7 Å². The Hall–Kier alpha value is -2.60. The molecule has 1 atom stereocenters. The average molecular weight is 506 g/mol. The zero-order chi connectivity index (χ0) is 24.7. The van der Waals surface area contributed by atoms with E-state index in [1.54, 1.807) is 4.90 Å². The van der Waals surface area contributed by atoms with Crippen LogP contribution in [0.2, 0.25) is 5.02 Å². The molecule has 1 unspecified atom stereocenters. The molecule has 8 nitrogen and oxygen atoms in total. The minimum Gasteiger partial charge on any atom is -0.366 e. The number of carbonyl (C=O) groups excluding carboxylic acids is 1. The van der Waals surface area contributed by atoms with Crippen LogP contribution in [0.1, 0.15) is 29.9 Å². The van der Waals surface area contributed by atoms with Crippen LogP contribution >= 0.6 is 11.6 Å². The number of amides is 1. The Labute approximate surface area is 194 Å². The fourth-order valence-corrected chi connectivity index (χ4v) is 5.54. The van der Waals surface area contributed by atoms with E-state index in [0.717, 1.165) is 18.5 Å². The molecule has 1 amide bonds. The molecule has 0 radical (unpaired) electrons. The number of rotatable bonds is 5. The highest BCUT2D eigenvalue weighted by Gasteiger charge is 2.36. The van der Waals surface area contributed by atoms with Gasteiger partial charge < -0.3 is 15.5 Å². The Morgan fingerprint density at radius 3 is 2.45 bits per heavy atom. The first kappa shape index (κ1) is 25.0. The molecular weight excluding hydrogens is 483 g/mol. The first-order chi connectivity index (χ1) is 15.2. The van der Waals surface area contributed by atoms with Crippen LogP contribution < -0.4 is 15.5 Å². The van der Waals surface area contributed by atoms with Crippen molar-refractivity contribution in [3.63, 3.8) is 0 Å². The molecule has 0 saturated carbocycles. The number of primary amides is 1. The van der Waals surface area contributed by atoms with Crippen molar-refractivity contribution in [1.82, 2.24) is 9.97 Å². The summed E-state index contributed by atoms with van der Waals surface area (Å²) in [5, 5.41) is -0.125. The normalized spacial score (nSPS) is 17.5. The summed E-state index contributed by atoms with van der Waals surface area (Å²) in [5.41, 5.74) is 4.47. The molecule has 33 heavy (non-hydrogen) atoms. The van der Waals surface area contributed by atoms with Crippen molar-refractivity contribution in [2.75, 3.05) is 35.7 Å². The highest BCUT2D eigenvalue weighted by atomic mass is 35.5. The van der Waals surface area contributed by atoms with Crippen LogP contribution in [0, 0.1) is 5.92 Å². The van der Waals surface area contributed by atoms with E-state index < -0.39 is 27.6 Å². The zero-order valence-electron chi connectivity index (χ0n) is 18.1. The van der Waals surface area contributed by atoms with Crippen LogP contribution in [0.15, 0.2) is 29.3 Å². The molecule has 1 aliphatic rings. The smallest absolute Gasteiger partial charge is 0.366 e. The first-order valence-corrected chi connectivity index (χ1v) is 12.2. The molecule has 0 aliphatic carbocycles. The third kappa shape index (κ3) is 5.16. The maximum absolute atomic E-state index is 13.1. The van der Waals surface area contributed by atoms with E-state index in [2.05, 4.69) is 9.97 Å². The lowest BCUT2D eigenvalue weighted by Crippen LogP contribution is -2.56. The Morgan fingerprint density at radius 2 is 1.91 bits per heavy atom. The van der Waals surface area contributed by atoms with Gasteiger partial charge in [0.1, 0.15) is 5.69 Å². The van der Waals surface area contributed by atoms with Crippen LogP contribution in [0.4, 0.5) is 24.8 Å². The van der Waals surface area contributed by atoms with E-state index >= 15 is 0 Å². The number of benzene rings is 1. The molecule has 2 aromatic rings. The van der Waals surface area contributed by atoms with Crippen molar-refractivity contribution < 1.29 is 26.4 Å². The predicted octanol–water partition coefficient (Wildman–Crippen LogP) is 3.00. The lowest BCUT2D eigenvalue weighted by molar-refractivity contribution is -0.141. The molecule has 3 rings (SSSR count). The Kier molecular flexibility index (Phi) is 6.81. The van der Waals surface area contributed by atoms with E-state index in [1.165, 1.54) is 12.1 Å². The Bertz CT molecular complexity index is 1170. The van der Waals surface area contributed by atoms with Gasteiger partial charge in [-0.05, 0) is 24.1 Å². The second-order valence-corrected chi connectivity index (χ2v) is 10.4. The van der Waals surface area contributed by atoms with Gasteiger partial charge in [-0.3, -0.25) is 4.79 Å². The van der Waals surface area contributed by atoms with E-state index in [4.69, 9.17) is 17.3 Å². The molecule has 1 aromatic heterocycles. The molecule has 1 fully saturated rings. The molecule has 0 bridgehead atoms. The number of carbonyl (C=O) groups is 1. The van der Waals surface area contributed by atoms with Gasteiger partial charge in [-0.25, -0.2) is 18.4 Å². The number of hydrogen-bond donors (Lipinski definition) is 1. The third-order valence-electron chi connectivity index (χ3n) is 5.43. The molecular formula is C20H23ClF3N5O3S. The van der Waals surface area contributed by atoms with Crippen LogP contribution in [0.3, 0.4) is 0 Å². The van der Waals surface area contributed by atoms with Gasteiger partial charge in [0.15, 0.2) is 9.84 Å². The molecule has 2 N–H and O–H groups in total. The number of sulfone groups is 1. The van der Waals surface area contributed by atoms with Gasteiger partial charge in [-0.2, -0.15) is 13.2 Å². The summed E-state index contributed by atoms with van der Waals surface area (Å²) in [6, 6.07) is 3.35. The van der Waals surface area contributed by atoms with Gasteiger partial charge >= 0.3 is 6.18 Å². The monoisotopic (exact) mass is 505 g/mol. The molecule has 1 saturated heterocycles. The molecule has 0 spiro atoms. The number of hydrogen-bond acceptors (Lipinski definition) is 7. The van der Waals surface area contributed by atoms with Gasteiger partial charge in [0.25, 0.3) is 0 Å². The third-order valence-corrected chi connectivity index (χ3v) is 7.09. The topological polar surface area (TPSA) is 109 Å². The van der Waals surface area contributed by atoms with Crippen LogP contribution in [-0.4, -0.2) is 56.2 Å². The summed E-state index contributed by atoms with van der Waals surface area (Å²) in [6.07, 6.45) is -2.58. The number of piperazine rings is 1. The van der Waals surface area contributed by atoms with Gasteiger partial charge in [0.05, 0.1) is 27.2 Å². The van der Waals surface area contributed by atoms with Crippen molar-refractivity contribution in [3.8, 4) is 0 Å². The minimum absolute atomic E-state index is 0.0102. The fourth-order valence-electron chi connectivity index (χ4n) is 3.84. The summed E-state index contributed by atoms with van der Waals surface area (Å²) in [5.74, 6) is -0.963. The van der Waals surface area contributed by atoms with Crippen molar-refractivity contribution in [2.45, 2.75) is 31.0 Å². The van der Waals surface area contributed by atoms with Crippen LogP contribution in [-0.2, 0) is 16.0 Å². The van der Waals surface area contributed by atoms with Crippen molar-refractivity contribution >= 4 is 39.0 Å². The Balaban J connectivity index is 1.99. The number of nitrogens with zero attached hydrogens (tertiary/aromatic N) is 4. The van der Waals surface area contributed by atoms with Crippen LogP contribution in [0.5, 0.6) is 0 Å². The number of anilines is 2. The van der Waals surface area contributed by atoms with Crippen LogP contribution in [0.25, 0.3) is 0 Å².